The zero-order valence-electron chi connectivity index (χ0n) is 15.0. The number of carbonyl (C=O) groups excluding carboxylic acids is 2. The number of hydrogen-bond donors (Lipinski definition) is 1. The number of amides is 2. The van der Waals surface area contributed by atoms with Crippen molar-refractivity contribution in [1.82, 2.24) is 15.1 Å². The van der Waals surface area contributed by atoms with E-state index in [2.05, 4.69) is 17.1 Å². The lowest BCUT2D eigenvalue weighted by Gasteiger charge is -2.33. The Morgan fingerprint density at radius 3 is 2.22 bits per heavy atom. The van der Waals surface area contributed by atoms with E-state index < -0.39 is 0 Å². The van der Waals surface area contributed by atoms with Gasteiger partial charge in [-0.1, -0.05) is 20.8 Å². The number of likely N-dealkylation sites (tertiary alicyclic amines) is 2. The molecule has 2 amide bonds. The van der Waals surface area contributed by atoms with Gasteiger partial charge in [0.2, 0.25) is 11.8 Å². The van der Waals surface area contributed by atoms with Gasteiger partial charge in [0.25, 0.3) is 0 Å². The molecule has 2 aliphatic rings. The fourth-order valence-corrected chi connectivity index (χ4v) is 3.49. The second-order valence-corrected chi connectivity index (χ2v) is 7.57. The van der Waals surface area contributed by atoms with Gasteiger partial charge in [0, 0.05) is 38.0 Å². The van der Waals surface area contributed by atoms with E-state index in [0.29, 0.717) is 0 Å². The molecule has 2 fully saturated rings. The molecule has 5 heteroatoms. The van der Waals surface area contributed by atoms with Gasteiger partial charge in [0.1, 0.15) is 0 Å². The third kappa shape index (κ3) is 5.48. The van der Waals surface area contributed by atoms with Crippen LogP contribution < -0.4 is 5.32 Å². The Morgan fingerprint density at radius 1 is 1.04 bits per heavy atom. The van der Waals surface area contributed by atoms with Gasteiger partial charge < -0.3 is 15.1 Å². The van der Waals surface area contributed by atoms with Crippen molar-refractivity contribution >= 4 is 11.8 Å². The molecule has 0 atom stereocenters. The molecular weight excluding hydrogens is 290 g/mol. The first-order valence-electron chi connectivity index (χ1n) is 9.26. The largest absolute Gasteiger partial charge is 0.355 e. The SMILES string of the molecule is CC1CCN(CCNC(=O)C2CCN(C(=O)C(C)C)CC2)CC1. The van der Waals surface area contributed by atoms with Crippen molar-refractivity contribution in [3.63, 3.8) is 0 Å². The van der Waals surface area contributed by atoms with Crippen LogP contribution in [0.3, 0.4) is 0 Å². The maximum atomic E-state index is 12.3. The molecule has 2 rings (SSSR count). The van der Waals surface area contributed by atoms with Crippen LogP contribution in [0, 0.1) is 17.8 Å². The summed E-state index contributed by atoms with van der Waals surface area (Å²) in [6.45, 7) is 11.7. The van der Waals surface area contributed by atoms with Gasteiger partial charge in [0.05, 0.1) is 0 Å². The predicted octanol–water partition coefficient (Wildman–Crippen LogP) is 1.73. The van der Waals surface area contributed by atoms with E-state index in [1.165, 1.54) is 12.8 Å². The topological polar surface area (TPSA) is 52.7 Å². The van der Waals surface area contributed by atoms with Crippen LogP contribution in [-0.4, -0.2) is 60.9 Å². The van der Waals surface area contributed by atoms with Gasteiger partial charge in [-0.25, -0.2) is 0 Å². The monoisotopic (exact) mass is 323 g/mol. The van der Waals surface area contributed by atoms with E-state index in [0.717, 1.165) is 58.0 Å². The summed E-state index contributed by atoms with van der Waals surface area (Å²) in [6.07, 6.45) is 4.14. The lowest BCUT2D eigenvalue weighted by atomic mass is 9.95. The Bertz CT molecular complexity index is 395. The average Bonchev–Trinajstić information content (AvgIpc) is 2.56. The van der Waals surface area contributed by atoms with Crippen LogP contribution in [0.15, 0.2) is 0 Å². The second-order valence-electron chi connectivity index (χ2n) is 7.57. The second kappa shape index (κ2) is 8.67. The Labute approximate surface area is 140 Å². The van der Waals surface area contributed by atoms with Gasteiger partial charge in [-0.15, -0.1) is 0 Å². The molecule has 23 heavy (non-hydrogen) atoms. The highest BCUT2D eigenvalue weighted by atomic mass is 16.2. The lowest BCUT2D eigenvalue weighted by Crippen LogP contribution is -2.45. The van der Waals surface area contributed by atoms with Crippen LogP contribution in [0.1, 0.15) is 46.5 Å². The summed E-state index contributed by atoms with van der Waals surface area (Å²) in [5.41, 5.74) is 0. The molecule has 132 valence electrons. The molecule has 0 aromatic rings. The Morgan fingerprint density at radius 2 is 1.65 bits per heavy atom. The quantitative estimate of drug-likeness (QED) is 0.838. The average molecular weight is 323 g/mol. The standard InChI is InChI=1S/C18H33N3O2/c1-14(2)18(23)21-11-6-16(7-12-21)17(22)19-8-13-20-9-4-15(3)5-10-20/h14-16H,4-13H2,1-3H3,(H,19,22). The van der Waals surface area contributed by atoms with E-state index in [9.17, 15) is 9.59 Å². The van der Waals surface area contributed by atoms with E-state index in [1.54, 1.807) is 0 Å². The van der Waals surface area contributed by atoms with Gasteiger partial charge in [-0.05, 0) is 44.7 Å². The molecule has 5 nitrogen and oxygen atoms in total. The summed E-state index contributed by atoms with van der Waals surface area (Å²) in [4.78, 5) is 28.6. The summed E-state index contributed by atoms with van der Waals surface area (Å²) < 4.78 is 0. The first-order chi connectivity index (χ1) is 11.0. The van der Waals surface area contributed by atoms with E-state index in [-0.39, 0.29) is 23.7 Å². The highest BCUT2D eigenvalue weighted by Gasteiger charge is 2.28. The molecule has 0 bridgehead atoms. The van der Waals surface area contributed by atoms with Crippen LogP contribution in [0.2, 0.25) is 0 Å². The van der Waals surface area contributed by atoms with Crippen molar-refractivity contribution in [3.05, 3.63) is 0 Å². The minimum Gasteiger partial charge on any atom is -0.355 e. The van der Waals surface area contributed by atoms with Gasteiger partial charge in [-0.2, -0.15) is 0 Å². The maximum absolute atomic E-state index is 12.3. The summed E-state index contributed by atoms with van der Waals surface area (Å²) >= 11 is 0. The first kappa shape index (κ1) is 18.2. The van der Waals surface area contributed by atoms with E-state index >= 15 is 0 Å². The Balaban J connectivity index is 1.62. The maximum Gasteiger partial charge on any atom is 0.225 e. The number of rotatable bonds is 5. The molecule has 0 aliphatic carbocycles. The smallest absolute Gasteiger partial charge is 0.225 e. The van der Waals surface area contributed by atoms with Crippen molar-refractivity contribution in [3.8, 4) is 0 Å². The minimum atomic E-state index is 0.0487. The Kier molecular flexibility index (Phi) is 6.88. The Hall–Kier alpha value is -1.10. The number of nitrogens with zero attached hydrogens (tertiary/aromatic N) is 2. The van der Waals surface area contributed by atoms with Crippen molar-refractivity contribution in [2.45, 2.75) is 46.5 Å². The zero-order chi connectivity index (χ0) is 16.8. The van der Waals surface area contributed by atoms with Crippen LogP contribution in [0.25, 0.3) is 0 Å². The van der Waals surface area contributed by atoms with Gasteiger partial charge in [-0.3, -0.25) is 9.59 Å². The summed E-state index contributed by atoms with van der Waals surface area (Å²) in [7, 11) is 0. The van der Waals surface area contributed by atoms with Crippen LogP contribution in [-0.2, 0) is 9.59 Å². The van der Waals surface area contributed by atoms with Gasteiger partial charge >= 0.3 is 0 Å². The van der Waals surface area contributed by atoms with Crippen molar-refractivity contribution < 1.29 is 9.59 Å². The molecule has 2 aliphatic heterocycles. The third-order valence-corrected chi connectivity index (χ3v) is 5.27. The molecule has 0 radical (unpaired) electrons. The van der Waals surface area contributed by atoms with Crippen molar-refractivity contribution in [2.24, 2.45) is 17.8 Å². The van der Waals surface area contributed by atoms with Crippen LogP contribution in [0.5, 0.6) is 0 Å². The number of nitrogens with one attached hydrogen (secondary N) is 1. The summed E-state index contributed by atoms with van der Waals surface area (Å²) in [5, 5.41) is 3.09. The lowest BCUT2D eigenvalue weighted by molar-refractivity contribution is -0.138. The molecule has 0 unspecified atom stereocenters. The molecule has 0 aromatic heterocycles. The molecule has 0 aromatic carbocycles. The van der Waals surface area contributed by atoms with Crippen molar-refractivity contribution in [1.29, 1.82) is 0 Å². The highest BCUT2D eigenvalue weighted by Crippen LogP contribution is 2.19. The van der Waals surface area contributed by atoms with E-state index in [1.807, 2.05) is 18.7 Å². The molecule has 2 saturated heterocycles. The molecular formula is C18H33N3O2. The van der Waals surface area contributed by atoms with Crippen LogP contribution in [0.4, 0.5) is 0 Å². The van der Waals surface area contributed by atoms with Gasteiger partial charge in [0.15, 0.2) is 0 Å². The third-order valence-electron chi connectivity index (χ3n) is 5.27. The molecule has 0 spiro atoms. The fourth-order valence-electron chi connectivity index (χ4n) is 3.49. The highest BCUT2D eigenvalue weighted by molar-refractivity contribution is 5.80. The number of piperidine rings is 2. The molecule has 0 saturated carbocycles. The first-order valence-corrected chi connectivity index (χ1v) is 9.26. The summed E-state index contributed by atoms with van der Waals surface area (Å²) in [6, 6.07) is 0. The number of hydrogen-bond acceptors (Lipinski definition) is 3. The fraction of sp³-hybridized carbons (Fsp3) is 0.889. The predicted molar refractivity (Wildman–Crippen MR) is 92.0 cm³/mol. The molecule has 2 heterocycles. The van der Waals surface area contributed by atoms with Crippen LogP contribution >= 0.6 is 0 Å². The normalized spacial score (nSPS) is 21.7. The summed E-state index contributed by atoms with van der Waals surface area (Å²) in [5.74, 6) is 1.36. The minimum absolute atomic E-state index is 0.0487. The van der Waals surface area contributed by atoms with E-state index in [4.69, 9.17) is 0 Å². The zero-order valence-corrected chi connectivity index (χ0v) is 15.0. The molecule has 1 N–H and O–H groups in total. The van der Waals surface area contributed by atoms with Crippen molar-refractivity contribution in [2.75, 3.05) is 39.3 Å². The number of carbonyl (C=O) groups is 2.